The first-order chi connectivity index (χ1) is 11.8. The Morgan fingerprint density at radius 3 is 2.40 bits per heavy atom. The molecule has 2 rings (SSSR count). The first-order valence-electron chi connectivity index (χ1n) is 7.97. The van der Waals surface area contributed by atoms with Crippen molar-refractivity contribution in [2.75, 3.05) is 18.4 Å². The third-order valence-corrected chi connectivity index (χ3v) is 6.79. The third kappa shape index (κ3) is 4.48. The summed E-state index contributed by atoms with van der Waals surface area (Å²) in [5, 5.41) is 2.79. The predicted octanol–water partition coefficient (Wildman–Crippen LogP) is 4.04. The lowest BCUT2D eigenvalue weighted by molar-refractivity contribution is 0.102. The van der Waals surface area contributed by atoms with E-state index in [0.29, 0.717) is 24.3 Å². The van der Waals surface area contributed by atoms with Crippen LogP contribution in [-0.4, -0.2) is 31.7 Å². The second-order valence-corrected chi connectivity index (χ2v) is 8.33. The zero-order valence-corrected chi connectivity index (χ0v) is 16.8. The lowest BCUT2D eigenvalue weighted by Crippen LogP contribution is -2.30. The van der Waals surface area contributed by atoms with Gasteiger partial charge >= 0.3 is 0 Å². The molecule has 0 atom stereocenters. The number of amides is 1. The van der Waals surface area contributed by atoms with Crippen molar-refractivity contribution in [1.29, 1.82) is 0 Å². The van der Waals surface area contributed by atoms with Gasteiger partial charge in [0.15, 0.2) is 0 Å². The van der Waals surface area contributed by atoms with Crippen molar-refractivity contribution in [2.45, 2.75) is 25.7 Å². The molecule has 2 aromatic carbocycles. The van der Waals surface area contributed by atoms with Crippen LogP contribution in [0.1, 0.15) is 29.8 Å². The summed E-state index contributed by atoms with van der Waals surface area (Å²) < 4.78 is 27.5. The Kier molecular flexibility index (Phi) is 6.37. The highest BCUT2D eigenvalue weighted by molar-refractivity contribution is 9.10. The maximum Gasteiger partial charge on any atom is 0.255 e. The Hall–Kier alpha value is -1.70. The van der Waals surface area contributed by atoms with Crippen LogP contribution in [0.5, 0.6) is 0 Å². The van der Waals surface area contributed by atoms with Crippen LogP contribution in [0.3, 0.4) is 0 Å². The molecule has 25 heavy (non-hydrogen) atoms. The van der Waals surface area contributed by atoms with Gasteiger partial charge in [-0.3, -0.25) is 4.79 Å². The van der Waals surface area contributed by atoms with E-state index in [-0.39, 0.29) is 10.8 Å². The Balaban J connectivity index is 2.28. The molecule has 0 aliphatic heterocycles. The summed E-state index contributed by atoms with van der Waals surface area (Å²) in [5.41, 5.74) is 1.95. The number of nitrogens with one attached hydrogen (secondary N) is 1. The van der Waals surface area contributed by atoms with E-state index in [1.807, 2.05) is 19.1 Å². The monoisotopic (exact) mass is 424 g/mol. The first-order valence-corrected chi connectivity index (χ1v) is 10.2. The van der Waals surface area contributed by atoms with Gasteiger partial charge in [0.1, 0.15) is 0 Å². The van der Waals surface area contributed by atoms with Crippen molar-refractivity contribution >= 4 is 37.5 Å². The molecule has 0 bridgehead atoms. The summed E-state index contributed by atoms with van der Waals surface area (Å²) in [4.78, 5) is 12.6. The van der Waals surface area contributed by atoms with E-state index in [0.717, 1.165) is 10.0 Å². The lowest BCUT2D eigenvalue weighted by atomic mass is 10.2. The van der Waals surface area contributed by atoms with Crippen molar-refractivity contribution < 1.29 is 13.2 Å². The van der Waals surface area contributed by atoms with Crippen LogP contribution < -0.4 is 5.32 Å². The van der Waals surface area contributed by atoms with Crippen LogP contribution in [-0.2, 0) is 10.0 Å². The molecule has 134 valence electrons. The van der Waals surface area contributed by atoms with Gasteiger partial charge in [0, 0.05) is 28.8 Å². The van der Waals surface area contributed by atoms with Gasteiger partial charge in [-0.05, 0) is 48.9 Å². The van der Waals surface area contributed by atoms with Gasteiger partial charge < -0.3 is 5.32 Å². The number of halogens is 1. The second kappa shape index (κ2) is 8.12. The van der Waals surface area contributed by atoms with Crippen LogP contribution in [0.2, 0.25) is 0 Å². The zero-order valence-electron chi connectivity index (χ0n) is 14.4. The fourth-order valence-electron chi connectivity index (χ4n) is 2.44. The molecule has 0 heterocycles. The van der Waals surface area contributed by atoms with E-state index in [1.54, 1.807) is 32.0 Å². The quantitative estimate of drug-likeness (QED) is 0.760. The summed E-state index contributed by atoms with van der Waals surface area (Å²) in [7, 11) is -3.60. The lowest BCUT2D eigenvalue weighted by Gasteiger charge is -2.18. The van der Waals surface area contributed by atoms with Gasteiger partial charge in [0.05, 0.1) is 4.90 Å². The topological polar surface area (TPSA) is 66.5 Å². The number of hydrogen-bond acceptors (Lipinski definition) is 3. The number of nitrogens with zero attached hydrogens (tertiary/aromatic N) is 1. The van der Waals surface area contributed by atoms with Crippen molar-refractivity contribution in [1.82, 2.24) is 4.31 Å². The fourth-order valence-corrected chi connectivity index (χ4v) is 4.19. The van der Waals surface area contributed by atoms with E-state index in [2.05, 4.69) is 21.2 Å². The number of carbonyl (C=O) groups excluding carboxylic acids is 1. The second-order valence-electron chi connectivity index (χ2n) is 5.54. The molecular weight excluding hydrogens is 404 g/mol. The number of aryl methyl sites for hydroxylation is 1. The smallest absolute Gasteiger partial charge is 0.255 e. The van der Waals surface area contributed by atoms with Crippen LogP contribution in [0, 0.1) is 6.92 Å². The molecule has 0 radical (unpaired) electrons. The highest BCUT2D eigenvalue weighted by Crippen LogP contribution is 2.21. The van der Waals surface area contributed by atoms with Crippen molar-refractivity contribution in [2.24, 2.45) is 0 Å². The molecule has 2 aromatic rings. The number of benzene rings is 2. The van der Waals surface area contributed by atoms with Crippen molar-refractivity contribution in [3.8, 4) is 0 Å². The summed E-state index contributed by atoms with van der Waals surface area (Å²) in [6.07, 6.45) is 0. The third-order valence-electron chi connectivity index (χ3n) is 3.86. The summed E-state index contributed by atoms with van der Waals surface area (Å²) in [6.45, 7) is 6.26. The molecule has 1 N–H and O–H groups in total. The Bertz CT molecular complexity index is 878. The van der Waals surface area contributed by atoms with Crippen molar-refractivity contribution in [3.63, 3.8) is 0 Å². The largest absolute Gasteiger partial charge is 0.322 e. The normalized spacial score (nSPS) is 11.6. The molecule has 1 amide bonds. The van der Waals surface area contributed by atoms with Crippen molar-refractivity contribution in [3.05, 3.63) is 58.1 Å². The Morgan fingerprint density at radius 2 is 1.80 bits per heavy atom. The van der Waals surface area contributed by atoms with E-state index < -0.39 is 10.0 Å². The molecule has 0 aromatic heterocycles. The van der Waals surface area contributed by atoms with Crippen LogP contribution in [0.15, 0.2) is 51.8 Å². The molecule has 0 fully saturated rings. The summed E-state index contributed by atoms with van der Waals surface area (Å²) in [6, 6.07) is 11.6. The first kappa shape index (κ1) is 19.6. The highest BCUT2D eigenvalue weighted by atomic mass is 79.9. The van der Waals surface area contributed by atoms with E-state index in [4.69, 9.17) is 0 Å². The van der Waals surface area contributed by atoms with Crippen LogP contribution in [0.25, 0.3) is 0 Å². The zero-order chi connectivity index (χ0) is 18.6. The molecule has 0 saturated carbocycles. The Morgan fingerprint density at radius 1 is 1.12 bits per heavy atom. The summed E-state index contributed by atoms with van der Waals surface area (Å²) >= 11 is 3.41. The van der Waals surface area contributed by atoms with Gasteiger partial charge in [-0.2, -0.15) is 4.31 Å². The van der Waals surface area contributed by atoms with Gasteiger partial charge in [0.25, 0.3) is 5.91 Å². The minimum Gasteiger partial charge on any atom is -0.322 e. The number of hydrogen-bond donors (Lipinski definition) is 1. The molecule has 0 spiro atoms. The van der Waals surface area contributed by atoms with E-state index in [9.17, 15) is 13.2 Å². The minimum atomic E-state index is -3.60. The van der Waals surface area contributed by atoms with Gasteiger partial charge in [-0.25, -0.2) is 8.42 Å². The predicted molar refractivity (Wildman–Crippen MR) is 103 cm³/mol. The number of carbonyl (C=O) groups is 1. The minimum absolute atomic E-state index is 0.121. The van der Waals surface area contributed by atoms with E-state index >= 15 is 0 Å². The fraction of sp³-hybridized carbons (Fsp3) is 0.278. The highest BCUT2D eigenvalue weighted by Gasteiger charge is 2.22. The molecule has 0 unspecified atom stereocenters. The van der Waals surface area contributed by atoms with E-state index in [1.165, 1.54) is 16.4 Å². The van der Waals surface area contributed by atoms with Gasteiger partial charge in [0.2, 0.25) is 10.0 Å². The number of sulfonamides is 1. The molecule has 0 aliphatic rings. The van der Waals surface area contributed by atoms with Gasteiger partial charge in [-0.1, -0.05) is 35.8 Å². The standard InChI is InChI=1S/C18H21BrN2O3S/c1-4-21(5-2)25(23,24)16-8-6-7-14(12-16)18(22)20-15-9-10-17(19)13(3)11-15/h6-12H,4-5H2,1-3H3,(H,20,22). The Labute approximate surface area is 157 Å². The maximum atomic E-state index is 12.6. The van der Waals surface area contributed by atoms with Crippen LogP contribution >= 0.6 is 15.9 Å². The molecule has 0 aliphatic carbocycles. The average molecular weight is 425 g/mol. The number of rotatable bonds is 6. The average Bonchev–Trinajstić information content (AvgIpc) is 2.59. The molecule has 7 heteroatoms. The summed E-state index contributed by atoms with van der Waals surface area (Å²) in [5.74, 6) is -0.349. The molecular formula is C18H21BrN2O3S. The maximum absolute atomic E-state index is 12.6. The molecule has 5 nitrogen and oxygen atoms in total. The SMILES string of the molecule is CCN(CC)S(=O)(=O)c1cccc(C(=O)Nc2ccc(Br)c(C)c2)c1. The number of anilines is 1. The van der Waals surface area contributed by atoms with Crippen LogP contribution in [0.4, 0.5) is 5.69 Å². The molecule has 0 saturated heterocycles. The van der Waals surface area contributed by atoms with Gasteiger partial charge in [-0.15, -0.1) is 0 Å².